The quantitative estimate of drug-likeness (QED) is 0.384. The molecule has 2 aliphatic heterocycles. The van der Waals surface area contributed by atoms with Crippen LogP contribution in [-0.2, 0) is 0 Å². The number of piperidine rings is 2. The van der Waals surface area contributed by atoms with E-state index in [1.54, 1.807) is 12.1 Å². The summed E-state index contributed by atoms with van der Waals surface area (Å²) in [6.07, 6.45) is 6.32. The minimum atomic E-state index is -1.08. The molecule has 2 heterocycles. The molecule has 2 aliphatic rings. The summed E-state index contributed by atoms with van der Waals surface area (Å²) in [6.45, 7) is 8.34. The standard InChI is InChI=1S/C30H40F2N2O2/c1-3-30(32,4-2)22-33-18-14-23(15-19-33)21-36-26-11-8-24(9-12-26)27-13-10-25(20-28(27)31)29(35)34-16-6-5-7-17-34/h8-13,20,23H,3-7,14-19,21-22H2,1-2H3. The first-order valence-electron chi connectivity index (χ1n) is 13.6. The lowest BCUT2D eigenvalue weighted by molar-refractivity contribution is 0.0568. The van der Waals surface area contributed by atoms with Gasteiger partial charge in [-0.15, -0.1) is 0 Å². The van der Waals surface area contributed by atoms with Gasteiger partial charge in [-0.2, -0.15) is 0 Å². The van der Waals surface area contributed by atoms with Crippen molar-refractivity contribution < 1.29 is 18.3 Å². The Morgan fingerprint density at radius 3 is 2.25 bits per heavy atom. The molecule has 1 amide bonds. The number of benzene rings is 2. The minimum Gasteiger partial charge on any atom is -0.493 e. The first-order valence-corrected chi connectivity index (χ1v) is 13.6. The normalized spacial score (nSPS) is 17.8. The number of carbonyl (C=O) groups excluding carboxylic acids is 1. The second-order valence-electron chi connectivity index (χ2n) is 10.5. The number of amides is 1. The van der Waals surface area contributed by atoms with Crippen molar-refractivity contribution >= 4 is 5.91 Å². The third-order valence-electron chi connectivity index (χ3n) is 7.99. The fraction of sp³-hybridized carbons (Fsp3) is 0.567. The predicted molar refractivity (Wildman–Crippen MR) is 141 cm³/mol. The molecule has 0 unspecified atom stereocenters. The highest BCUT2D eigenvalue weighted by atomic mass is 19.1. The third kappa shape index (κ3) is 6.64. The van der Waals surface area contributed by atoms with E-state index in [0.717, 1.165) is 69.6 Å². The summed E-state index contributed by atoms with van der Waals surface area (Å²) in [5.41, 5.74) is 0.568. The monoisotopic (exact) mass is 498 g/mol. The Kier molecular flexibility index (Phi) is 9.00. The highest BCUT2D eigenvalue weighted by Gasteiger charge is 2.30. The maximum absolute atomic E-state index is 14.9. The molecule has 0 saturated carbocycles. The van der Waals surface area contributed by atoms with Gasteiger partial charge < -0.3 is 14.5 Å². The van der Waals surface area contributed by atoms with Crippen LogP contribution in [0, 0.1) is 11.7 Å². The Labute approximate surface area is 214 Å². The maximum atomic E-state index is 14.9. The zero-order chi connectivity index (χ0) is 25.5. The summed E-state index contributed by atoms with van der Waals surface area (Å²) in [6, 6.07) is 12.2. The van der Waals surface area contributed by atoms with Crippen molar-refractivity contribution in [1.29, 1.82) is 0 Å². The number of alkyl halides is 1. The van der Waals surface area contributed by atoms with Crippen LogP contribution in [0.15, 0.2) is 42.5 Å². The van der Waals surface area contributed by atoms with Crippen LogP contribution in [0.5, 0.6) is 5.75 Å². The molecule has 4 rings (SSSR count). The van der Waals surface area contributed by atoms with Gasteiger partial charge in [-0.3, -0.25) is 4.79 Å². The number of halogens is 2. The summed E-state index contributed by atoms with van der Waals surface area (Å²) in [4.78, 5) is 16.7. The van der Waals surface area contributed by atoms with Crippen LogP contribution in [0.2, 0.25) is 0 Å². The number of ether oxygens (including phenoxy) is 1. The molecule has 0 atom stereocenters. The van der Waals surface area contributed by atoms with Crippen molar-refractivity contribution in [2.24, 2.45) is 5.92 Å². The number of likely N-dealkylation sites (tertiary alicyclic amines) is 2. The molecular formula is C30H40F2N2O2. The largest absolute Gasteiger partial charge is 0.493 e. The van der Waals surface area contributed by atoms with Gasteiger partial charge in [0.2, 0.25) is 0 Å². The molecule has 0 aliphatic carbocycles. The van der Waals surface area contributed by atoms with E-state index in [9.17, 15) is 13.6 Å². The second kappa shape index (κ2) is 12.2. The summed E-state index contributed by atoms with van der Waals surface area (Å²) in [5, 5.41) is 0. The summed E-state index contributed by atoms with van der Waals surface area (Å²) < 4.78 is 35.6. The molecule has 36 heavy (non-hydrogen) atoms. The predicted octanol–water partition coefficient (Wildman–Crippen LogP) is 6.74. The highest BCUT2D eigenvalue weighted by Crippen LogP contribution is 2.28. The lowest BCUT2D eigenvalue weighted by Crippen LogP contribution is -2.44. The molecule has 2 fully saturated rings. The van der Waals surface area contributed by atoms with Crippen molar-refractivity contribution in [3.05, 3.63) is 53.8 Å². The molecule has 196 valence electrons. The van der Waals surface area contributed by atoms with E-state index < -0.39 is 5.67 Å². The van der Waals surface area contributed by atoms with Gasteiger partial charge in [-0.1, -0.05) is 32.0 Å². The van der Waals surface area contributed by atoms with Gasteiger partial charge in [0.25, 0.3) is 5.91 Å². The highest BCUT2D eigenvalue weighted by molar-refractivity contribution is 5.94. The van der Waals surface area contributed by atoms with Crippen molar-refractivity contribution in [1.82, 2.24) is 9.80 Å². The average molecular weight is 499 g/mol. The minimum absolute atomic E-state index is 0.0884. The van der Waals surface area contributed by atoms with Gasteiger partial charge in [-0.25, -0.2) is 8.78 Å². The number of nitrogens with zero attached hydrogens (tertiary/aromatic N) is 2. The molecule has 0 aromatic heterocycles. The van der Waals surface area contributed by atoms with Gasteiger partial charge in [0.1, 0.15) is 17.2 Å². The molecule has 0 radical (unpaired) electrons. The molecule has 2 aromatic carbocycles. The van der Waals surface area contributed by atoms with E-state index in [1.807, 2.05) is 43.0 Å². The summed E-state index contributed by atoms with van der Waals surface area (Å²) >= 11 is 0. The fourth-order valence-electron chi connectivity index (χ4n) is 5.29. The molecule has 0 spiro atoms. The van der Waals surface area contributed by atoms with Crippen LogP contribution in [0.4, 0.5) is 8.78 Å². The molecule has 6 heteroatoms. The van der Waals surface area contributed by atoms with E-state index in [4.69, 9.17) is 4.74 Å². The lowest BCUT2D eigenvalue weighted by Gasteiger charge is -2.36. The van der Waals surface area contributed by atoms with Gasteiger partial charge in [0.05, 0.1) is 6.61 Å². The Morgan fingerprint density at radius 1 is 0.972 bits per heavy atom. The Bertz CT molecular complexity index is 993. The van der Waals surface area contributed by atoms with Crippen molar-refractivity contribution in [2.75, 3.05) is 39.3 Å². The van der Waals surface area contributed by atoms with E-state index >= 15 is 0 Å². The first kappa shape index (κ1) is 26.6. The average Bonchev–Trinajstić information content (AvgIpc) is 2.93. The van der Waals surface area contributed by atoms with Crippen LogP contribution in [0.1, 0.15) is 69.2 Å². The van der Waals surface area contributed by atoms with Gasteiger partial charge >= 0.3 is 0 Å². The zero-order valence-corrected chi connectivity index (χ0v) is 21.8. The second-order valence-corrected chi connectivity index (χ2v) is 10.5. The van der Waals surface area contributed by atoms with Crippen LogP contribution in [0.25, 0.3) is 11.1 Å². The Hall–Kier alpha value is -2.47. The smallest absolute Gasteiger partial charge is 0.253 e. The number of rotatable bonds is 9. The van der Waals surface area contributed by atoms with E-state index in [0.29, 0.717) is 43.0 Å². The van der Waals surface area contributed by atoms with Crippen molar-refractivity contribution in [3.8, 4) is 16.9 Å². The van der Waals surface area contributed by atoms with Crippen LogP contribution in [-0.4, -0.2) is 60.7 Å². The summed E-state index contributed by atoms with van der Waals surface area (Å²) in [5.74, 6) is 0.745. The summed E-state index contributed by atoms with van der Waals surface area (Å²) in [7, 11) is 0. The van der Waals surface area contributed by atoms with E-state index in [-0.39, 0.29) is 11.7 Å². The zero-order valence-electron chi connectivity index (χ0n) is 21.8. The molecule has 4 nitrogen and oxygen atoms in total. The van der Waals surface area contributed by atoms with E-state index in [1.165, 1.54) is 6.07 Å². The maximum Gasteiger partial charge on any atom is 0.253 e. The molecule has 0 N–H and O–H groups in total. The molecule has 2 aromatic rings. The van der Waals surface area contributed by atoms with Crippen molar-refractivity contribution in [2.45, 2.75) is 64.5 Å². The first-order chi connectivity index (χ1) is 17.4. The Balaban J connectivity index is 1.28. The van der Waals surface area contributed by atoms with Gasteiger partial charge in [-0.05, 0) is 93.8 Å². The van der Waals surface area contributed by atoms with Gasteiger partial charge in [0.15, 0.2) is 0 Å². The number of hydrogen-bond donors (Lipinski definition) is 0. The van der Waals surface area contributed by atoms with Crippen molar-refractivity contribution in [3.63, 3.8) is 0 Å². The SMILES string of the molecule is CCC(F)(CC)CN1CCC(COc2ccc(-c3ccc(C(=O)N4CCCCC4)cc3F)cc2)CC1. The van der Waals surface area contributed by atoms with E-state index in [2.05, 4.69) is 4.90 Å². The fourth-order valence-corrected chi connectivity index (χ4v) is 5.29. The number of hydrogen-bond acceptors (Lipinski definition) is 3. The van der Waals surface area contributed by atoms with Crippen LogP contribution in [0.3, 0.4) is 0 Å². The number of carbonyl (C=O) groups is 1. The topological polar surface area (TPSA) is 32.8 Å². The molecule has 2 saturated heterocycles. The lowest BCUT2D eigenvalue weighted by atomic mass is 9.94. The Morgan fingerprint density at radius 2 is 1.64 bits per heavy atom. The van der Waals surface area contributed by atoms with Crippen LogP contribution < -0.4 is 4.74 Å². The third-order valence-corrected chi connectivity index (χ3v) is 7.99. The molecular weight excluding hydrogens is 458 g/mol. The molecule has 0 bridgehead atoms. The van der Waals surface area contributed by atoms with Gasteiger partial charge in [0, 0.05) is 30.8 Å². The van der Waals surface area contributed by atoms with Crippen LogP contribution >= 0.6 is 0 Å².